The van der Waals surface area contributed by atoms with Crippen LogP contribution < -0.4 is 10.2 Å². The van der Waals surface area contributed by atoms with Gasteiger partial charge in [0.1, 0.15) is 5.75 Å². The number of phenolic OH excluding ortho intramolecular Hbond substituents is 1. The van der Waals surface area contributed by atoms with Crippen molar-refractivity contribution in [3.63, 3.8) is 0 Å². The molecule has 98 valence electrons. The lowest BCUT2D eigenvalue weighted by molar-refractivity contribution is 0.462. The largest absolute Gasteiger partial charge is 0.508 e. The second-order valence-electron chi connectivity index (χ2n) is 5.50. The van der Waals surface area contributed by atoms with E-state index in [-0.39, 0.29) is 0 Å². The number of phenols is 1. The molecule has 0 spiro atoms. The molecule has 1 atom stereocenters. The van der Waals surface area contributed by atoms with E-state index in [0.29, 0.717) is 11.8 Å². The van der Waals surface area contributed by atoms with Crippen LogP contribution in [0.4, 0.5) is 5.69 Å². The summed E-state index contributed by atoms with van der Waals surface area (Å²) in [5, 5.41) is 13.5. The van der Waals surface area contributed by atoms with Crippen LogP contribution in [0.3, 0.4) is 0 Å². The Morgan fingerprint density at radius 2 is 2.06 bits per heavy atom. The smallest absolute Gasteiger partial charge is 0.118 e. The quantitative estimate of drug-likeness (QED) is 0.859. The molecule has 3 rings (SSSR count). The number of anilines is 1. The molecule has 0 bridgehead atoms. The first kappa shape index (κ1) is 11.8. The topological polar surface area (TPSA) is 35.5 Å². The molecule has 2 aliphatic rings. The van der Waals surface area contributed by atoms with Crippen LogP contribution in [0.5, 0.6) is 5.75 Å². The van der Waals surface area contributed by atoms with E-state index in [4.69, 9.17) is 0 Å². The van der Waals surface area contributed by atoms with Gasteiger partial charge in [-0.2, -0.15) is 0 Å². The first-order valence-electron chi connectivity index (χ1n) is 7.13. The van der Waals surface area contributed by atoms with E-state index >= 15 is 0 Å². The van der Waals surface area contributed by atoms with E-state index in [2.05, 4.69) is 16.3 Å². The second kappa shape index (κ2) is 5.19. The summed E-state index contributed by atoms with van der Waals surface area (Å²) in [6.07, 6.45) is 6.03. The molecule has 0 amide bonds. The fraction of sp³-hybridized carbons (Fsp3) is 0.600. The van der Waals surface area contributed by atoms with Gasteiger partial charge >= 0.3 is 0 Å². The Bertz CT molecular complexity index is 407. The maximum atomic E-state index is 9.99. The Hall–Kier alpha value is -1.22. The molecular weight excluding hydrogens is 224 g/mol. The van der Waals surface area contributed by atoms with Crippen molar-refractivity contribution in [2.75, 3.05) is 24.5 Å². The Morgan fingerprint density at radius 3 is 2.78 bits per heavy atom. The molecule has 1 aromatic carbocycles. The van der Waals surface area contributed by atoms with Gasteiger partial charge in [0.15, 0.2) is 0 Å². The molecule has 1 unspecified atom stereocenters. The average molecular weight is 246 g/mol. The lowest BCUT2D eigenvalue weighted by atomic mass is 10.0. The number of hydrogen-bond acceptors (Lipinski definition) is 3. The van der Waals surface area contributed by atoms with Crippen LogP contribution >= 0.6 is 0 Å². The van der Waals surface area contributed by atoms with Gasteiger partial charge in [-0.1, -0.05) is 0 Å². The first-order chi connectivity index (χ1) is 8.83. The van der Waals surface area contributed by atoms with Crippen LogP contribution in [0, 0.1) is 0 Å². The van der Waals surface area contributed by atoms with Gasteiger partial charge in [-0.05, 0) is 62.4 Å². The molecular formula is C15H22N2O. The predicted octanol–water partition coefficient (Wildman–Crippen LogP) is 2.29. The number of aromatic hydroxyl groups is 1. The van der Waals surface area contributed by atoms with Gasteiger partial charge in [0, 0.05) is 24.8 Å². The van der Waals surface area contributed by atoms with Crippen molar-refractivity contribution in [1.82, 2.24) is 5.32 Å². The first-order valence-corrected chi connectivity index (χ1v) is 7.13. The van der Waals surface area contributed by atoms with E-state index in [1.54, 1.807) is 0 Å². The Balaban J connectivity index is 1.76. The third kappa shape index (κ3) is 2.46. The lowest BCUT2D eigenvalue weighted by Gasteiger charge is -2.20. The summed E-state index contributed by atoms with van der Waals surface area (Å²) in [4.78, 5) is 2.42. The van der Waals surface area contributed by atoms with Crippen molar-refractivity contribution < 1.29 is 5.11 Å². The summed E-state index contributed by atoms with van der Waals surface area (Å²) in [5.74, 6) is 0.451. The minimum absolute atomic E-state index is 0.451. The highest BCUT2D eigenvalue weighted by Gasteiger charge is 2.18. The molecule has 2 saturated heterocycles. The molecule has 2 heterocycles. The average Bonchev–Trinajstić information content (AvgIpc) is 3.04. The number of hydrogen-bond donors (Lipinski definition) is 2. The van der Waals surface area contributed by atoms with Crippen LogP contribution in [0.1, 0.15) is 31.2 Å². The van der Waals surface area contributed by atoms with Gasteiger partial charge in [-0.3, -0.25) is 0 Å². The monoisotopic (exact) mass is 246 g/mol. The molecule has 0 aromatic heterocycles. The minimum atomic E-state index is 0.451. The Kier molecular flexibility index (Phi) is 3.41. The third-order valence-corrected chi connectivity index (χ3v) is 4.16. The maximum absolute atomic E-state index is 9.99. The van der Waals surface area contributed by atoms with Crippen molar-refractivity contribution in [2.45, 2.75) is 38.1 Å². The highest BCUT2D eigenvalue weighted by molar-refractivity contribution is 5.53. The summed E-state index contributed by atoms with van der Waals surface area (Å²) >= 11 is 0. The van der Waals surface area contributed by atoms with Crippen molar-refractivity contribution in [3.8, 4) is 5.75 Å². The second-order valence-corrected chi connectivity index (χ2v) is 5.50. The number of nitrogens with one attached hydrogen (secondary N) is 1. The van der Waals surface area contributed by atoms with Gasteiger partial charge in [-0.25, -0.2) is 0 Å². The zero-order valence-electron chi connectivity index (χ0n) is 10.9. The van der Waals surface area contributed by atoms with Crippen LogP contribution in [0.2, 0.25) is 0 Å². The molecule has 18 heavy (non-hydrogen) atoms. The van der Waals surface area contributed by atoms with Crippen LogP contribution in [-0.4, -0.2) is 30.8 Å². The molecule has 2 N–H and O–H groups in total. The zero-order valence-corrected chi connectivity index (χ0v) is 10.9. The maximum Gasteiger partial charge on any atom is 0.118 e. The summed E-state index contributed by atoms with van der Waals surface area (Å²) in [5.41, 5.74) is 2.37. The van der Waals surface area contributed by atoms with E-state index in [0.717, 1.165) is 31.6 Å². The van der Waals surface area contributed by atoms with E-state index in [1.165, 1.54) is 31.4 Å². The number of nitrogens with zero attached hydrogens (tertiary/aromatic N) is 1. The van der Waals surface area contributed by atoms with Gasteiger partial charge in [0.05, 0.1) is 0 Å². The molecule has 0 radical (unpaired) electrons. The summed E-state index contributed by atoms with van der Waals surface area (Å²) in [6, 6.07) is 6.63. The molecule has 2 aliphatic heterocycles. The van der Waals surface area contributed by atoms with Gasteiger partial charge in [0.2, 0.25) is 0 Å². The fourth-order valence-corrected chi connectivity index (χ4v) is 3.10. The highest BCUT2D eigenvalue weighted by Crippen LogP contribution is 2.28. The van der Waals surface area contributed by atoms with Crippen molar-refractivity contribution in [1.29, 1.82) is 0 Å². The van der Waals surface area contributed by atoms with Gasteiger partial charge < -0.3 is 15.3 Å². The van der Waals surface area contributed by atoms with Crippen LogP contribution in [-0.2, 0) is 6.42 Å². The van der Waals surface area contributed by atoms with Crippen molar-refractivity contribution >= 4 is 5.69 Å². The van der Waals surface area contributed by atoms with E-state index in [1.807, 2.05) is 12.1 Å². The minimum Gasteiger partial charge on any atom is -0.508 e. The van der Waals surface area contributed by atoms with Gasteiger partial charge in [-0.15, -0.1) is 0 Å². The van der Waals surface area contributed by atoms with Crippen molar-refractivity contribution in [2.24, 2.45) is 0 Å². The fourth-order valence-electron chi connectivity index (χ4n) is 3.10. The lowest BCUT2D eigenvalue weighted by Crippen LogP contribution is -2.24. The molecule has 3 nitrogen and oxygen atoms in total. The molecule has 2 fully saturated rings. The molecule has 0 saturated carbocycles. The zero-order chi connectivity index (χ0) is 12.4. The SMILES string of the molecule is Oc1ccc(N2CCCC2)cc1CC1CCCN1. The van der Waals surface area contributed by atoms with Gasteiger partial charge in [0.25, 0.3) is 0 Å². The number of rotatable bonds is 3. The highest BCUT2D eigenvalue weighted by atomic mass is 16.3. The number of benzene rings is 1. The predicted molar refractivity (Wildman–Crippen MR) is 74.3 cm³/mol. The van der Waals surface area contributed by atoms with Crippen molar-refractivity contribution in [3.05, 3.63) is 23.8 Å². The van der Waals surface area contributed by atoms with E-state index in [9.17, 15) is 5.11 Å². The standard InChI is InChI=1S/C15H22N2O/c18-15-6-5-14(17-8-1-2-9-17)11-12(15)10-13-4-3-7-16-13/h5-6,11,13,16,18H,1-4,7-10H2. The van der Waals surface area contributed by atoms with Crippen LogP contribution in [0.25, 0.3) is 0 Å². The third-order valence-electron chi connectivity index (χ3n) is 4.16. The summed E-state index contributed by atoms with van der Waals surface area (Å²) in [6.45, 7) is 3.44. The Labute approximate surface area is 109 Å². The Morgan fingerprint density at radius 1 is 1.22 bits per heavy atom. The van der Waals surface area contributed by atoms with E-state index < -0.39 is 0 Å². The molecule has 3 heteroatoms. The molecule has 0 aliphatic carbocycles. The van der Waals surface area contributed by atoms with Crippen LogP contribution in [0.15, 0.2) is 18.2 Å². The summed E-state index contributed by atoms with van der Waals surface area (Å²) < 4.78 is 0. The molecule has 1 aromatic rings. The summed E-state index contributed by atoms with van der Waals surface area (Å²) in [7, 11) is 0. The normalized spacial score (nSPS) is 23.8.